The molecule has 2 aromatic carbocycles. The van der Waals surface area contributed by atoms with Crippen LogP contribution in [0, 0.1) is 4.77 Å². The average Bonchev–Trinajstić information content (AvgIpc) is 2.92. The number of nitrogens with zero attached hydrogens (tertiary/aromatic N) is 4. The molecule has 0 radical (unpaired) electrons. The maximum Gasteiger partial charge on any atom is 0.199 e. The molecule has 3 aromatic rings. The monoisotopic (exact) mass is 434 g/mol. The molecular formula is C26H34N4S. The van der Waals surface area contributed by atoms with Crippen LogP contribution >= 0.6 is 12.2 Å². The van der Waals surface area contributed by atoms with Gasteiger partial charge in [-0.2, -0.15) is 5.10 Å². The van der Waals surface area contributed by atoms with Crippen LogP contribution in [0.1, 0.15) is 57.6 Å². The Balaban J connectivity index is 1.70. The molecule has 4 rings (SSSR count). The lowest BCUT2D eigenvalue weighted by atomic mass is 9.87. The van der Waals surface area contributed by atoms with Crippen LogP contribution in [-0.4, -0.2) is 32.3 Å². The molecule has 31 heavy (non-hydrogen) atoms. The highest BCUT2D eigenvalue weighted by molar-refractivity contribution is 7.71. The summed E-state index contributed by atoms with van der Waals surface area (Å²) in [5, 5.41) is 5.03. The molecule has 0 spiro atoms. The van der Waals surface area contributed by atoms with Gasteiger partial charge < -0.3 is 0 Å². The fourth-order valence-electron chi connectivity index (χ4n) is 4.24. The summed E-state index contributed by atoms with van der Waals surface area (Å²) < 4.78 is 5.01. The summed E-state index contributed by atoms with van der Waals surface area (Å²) in [5.41, 5.74) is 3.81. The quantitative estimate of drug-likeness (QED) is 0.443. The van der Waals surface area contributed by atoms with Crippen molar-refractivity contribution in [3.63, 3.8) is 0 Å². The molecule has 0 amide bonds. The third-order valence-corrected chi connectivity index (χ3v) is 6.58. The Kier molecular flexibility index (Phi) is 6.73. The van der Waals surface area contributed by atoms with Gasteiger partial charge in [0.15, 0.2) is 10.6 Å². The van der Waals surface area contributed by atoms with Crippen LogP contribution in [0.25, 0.3) is 11.4 Å². The van der Waals surface area contributed by atoms with Gasteiger partial charge in [0, 0.05) is 5.56 Å². The third-order valence-electron chi connectivity index (χ3n) is 6.15. The number of hydrogen-bond acceptors (Lipinski definition) is 3. The van der Waals surface area contributed by atoms with Crippen LogP contribution in [0.3, 0.4) is 0 Å². The number of benzene rings is 2. The highest BCUT2D eigenvalue weighted by atomic mass is 32.1. The minimum Gasteiger partial charge on any atom is -0.295 e. The highest BCUT2D eigenvalue weighted by Gasteiger charge is 2.18. The lowest BCUT2D eigenvalue weighted by Gasteiger charge is -2.19. The fourth-order valence-corrected chi connectivity index (χ4v) is 4.49. The first-order valence-corrected chi connectivity index (χ1v) is 11.9. The van der Waals surface area contributed by atoms with Gasteiger partial charge in [-0.15, -0.1) is 0 Å². The van der Waals surface area contributed by atoms with Crippen molar-refractivity contribution in [3.05, 3.63) is 70.5 Å². The van der Waals surface area contributed by atoms with Gasteiger partial charge in [0.25, 0.3) is 0 Å². The molecule has 1 saturated heterocycles. The first-order valence-electron chi connectivity index (χ1n) is 11.5. The van der Waals surface area contributed by atoms with E-state index in [1.165, 1.54) is 36.8 Å². The lowest BCUT2D eigenvalue weighted by molar-refractivity contribution is 0.213. The van der Waals surface area contributed by atoms with Crippen molar-refractivity contribution in [2.75, 3.05) is 13.1 Å². The zero-order valence-corrected chi connectivity index (χ0v) is 19.9. The van der Waals surface area contributed by atoms with E-state index in [2.05, 4.69) is 84.8 Å². The van der Waals surface area contributed by atoms with Crippen molar-refractivity contribution >= 4 is 12.2 Å². The number of aromatic nitrogens is 3. The van der Waals surface area contributed by atoms with Gasteiger partial charge in [-0.25, -0.2) is 4.68 Å². The molecule has 0 bridgehead atoms. The second-order valence-electron chi connectivity index (χ2n) is 9.68. The molecule has 1 fully saturated rings. The fraction of sp³-hybridized carbons (Fsp3) is 0.462. The maximum atomic E-state index is 5.94. The first kappa shape index (κ1) is 22.0. The summed E-state index contributed by atoms with van der Waals surface area (Å²) >= 11 is 5.94. The molecule has 0 N–H and O–H groups in total. The zero-order chi connectivity index (χ0) is 21.8. The Hall–Kier alpha value is -2.24. The van der Waals surface area contributed by atoms with Crippen molar-refractivity contribution in [1.29, 1.82) is 0 Å². The largest absolute Gasteiger partial charge is 0.295 e. The number of rotatable bonds is 5. The van der Waals surface area contributed by atoms with Crippen molar-refractivity contribution in [2.45, 2.75) is 65.1 Å². The van der Waals surface area contributed by atoms with E-state index in [9.17, 15) is 0 Å². The minimum atomic E-state index is 0.133. The molecule has 0 atom stereocenters. The Morgan fingerprint density at radius 1 is 0.871 bits per heavy atom. The molecule has 1 aliphatic rings. The molecule has 1 aromatic heterocycles. The number of hydrogen-bond donors (Lipinski definition) is 0. The van der Waals surface area contributed by atoms with Gasteiger partial charge in [0.05, 0.1) is 13.2 Å². The van der Waals surface area contributed by atoms with Gasteiger partial charge in [0.1, 0.15) is 0 Å². The summed E-state index contributed by atoms with van der Waals surface area (Å²) in [7, 11) is 0. The van der Waals surface area contributed by atoms with E-state index in [1.54, 1.807) is 0 Å². The zero-order valence-electron chi connectivity index (χ0n) is 19.1. The predicted octanol–water partition coefficient (Wildman–Crippen LogP) is 6.26. The molecule has 1 aliphatic heterocycles. The van der Waals surface area contributed by atoms with Crippen molar-refractivity contribution in [1.82, 2.24) is 19.2 Å². The molecule has 164 valence electrons. The van der Waals surface area contributed by atoms with Gasteiger partial charge in [-0.05, 0) is 54.7 Å². The minimum absolute atomic E-state index is 0.133. The van der Waals surface area contributed by atoms with Crippen LogP contribution in [0.15, 0.2) is 54.6 Å². The Morgan fingerprint density at radius 3 is 2.13 bits per heavy atom. The van der Waals surface area contributed by atoms with Crippen LogP contribution in [0.5, 0.6) is 0 Å². The van der Waals surface area contributed by atoms with Crippen LogP contribution < -0.4 is 0 Å². The smallest absolute Gasteiger partial charge is 0.199 e. The molecular weight excluding hydrogens is 400 g/mol. The van der Waals surface area contributed by atoms with Crippen molar-refractivity contribution < 1.29 is 0 Å². The molecule has 2 heterocycles. The van der Waals surface area contributed by atoms with E-state index < -0.39 is 0 Å². The number of likely N-dealkylation sites (tertiary alicyclic amines) is 1. The van der Waals surface area contributed by atoms with Crippen LogP contribution in [-0.2, 0) is 18.6 Å². The van der Waals surface area contributed by atoms with Gasteiger partial charge in [0.2, 0.25) is 0 Å². The Bertz CT molecular complexity index is 1030. The summed E-state index contributed by atoms with van der Waals surface area (Å²) in [6, 6.07) is 19.3. The summed E-state index contributed by atoms with van der Waals surface area (Å²) in [4.78, 5) is 2.50. The second-order valence-corrected chi connectivity index (χ2v) is 10.0. The Labute approximate surface area is 191 Å². The van der Waals surface area contributed by atoms with E-state index in [1.807, 2.05) is 4.68 Å². The summed E-state index contributed by atoms with van der Waals surface area (Å²) in [5.74, 6) is 0.948. The molecule has 0 unspecified atom stereocenters. The molecule has 0 aliphatic carbocycles. The highest BCUT2D eigenvalue weighted by Crippen LogP contribution is 2.26. The predicted molar refractivity (Wildman–Crippen MR) is 131 cm³/mol. The van der Waals surface area contributed by atoms with Crippen LogP contribution in [0.4, 0.5) is 0 Å². The summed E-state index contributed by atoms with van der Waals surface area (Å²) in [6.07, 6.45) is 5.18. The Morgan fingerprint density at radius 2 is 1.52 bits per heavy atom. The van der Waals surface area contributed by atoms with Gasteiger partial charge in [-0.1, -0.05) is 88.2 Å². The topological polar surface area (TPSA) is 26.0 Å². The van der Waals surface area contributed by atoms with E-state index in [4.69, 9.17) is 17.3 Å². The maximum absolute atomic E-state index is 5.94. The van der Waals surface area contributed by atoms with E-state index in [0.29, 0.717) is 0 Å². The second kappa shape index (κ2) is 9.49. The lowest BCUT2D eigenvalue weighted by Crippen LogP contribution is -2.28. The summed E-state index contributed by atoms with van der Waals surface area (Å²) in [6.45, 7) is 10.5. The average molecular weight is 435 g/mol. The first-order chi connectivity index (χ1) is 14.9. The molecule has 0 saturated carbocycles. The molecule has 5 heteroatoms. The van der Waals surface area contributed by atoms with Crippen LogP contribution in [0.2, 0.25) is 0 Å². The van der Waals surface area contributed by atoms with Crippen molar-refractivity contribution in [3.8, 4) is 11.4 Å². The third kappa shape index (κ3) is 5.34. The van der Waals surface area contributed by atoms with Crippen molar-refractivity contribution in [2.24, 2.45) is 0 Å². The normalized spacial score (nSPS) is 15.7. The molecule has 4 nitrogen and oxygen atoms in total. The standard InChI is InChI=1S/C26H34N4S/c1-26(2,3)23-15-13-22(14-16-23)24-27-30(20-28-17-9-4-5-10-18-28)25(31)29(24)19-21-11-7-6-8-12-21/h6-8,11-16H,4-5,9-10,17-20H2,1-3H3. The van der Waals surface area contributed by atoms with Gasteiger partial charge in [-0.3, -0.25) is 9.47 Å². The van der Waals surface area contributed by atoms with Gasteiger partial charge >= 0.3 is 0 Å². The van der Waals surface area contributed by atoms with E-state index in [0.717, 1.165) is 42.5 Å². The van der Waals surface area contributed by atoms with E-state index in [-0.39, 0.29) is 5.41 Å². The SMILES string of the molecule is CC(C)(C)c1ccc(-c2nn(CN3CCCCCC3)c(=S)n2Cc2ccccc2)cc1. The van der Waals surface area contributed by atoms with E-state index >= 15 is 0 Å².